The SMILES string of the molecule is CCNC(=O)[C@@H](C)NS(=O)(=O)c1ccc(OC)c(C)c1. The van der Waals surface area contributed by atoms with Crippen molar-refractivity contribution in [2.75, 3.05) is 13.7 Å². The molecule has 0 fully saturated rings. The first-order valence-electron chi connectivity index (χ1n) is 6.26. The van der Waals surface area contributed by atoms with Crippen LogP contribution >= 0.6 is 0 Å². The first-order valence-corrected chi connectivity index (χ1v) is 7.74. The van der Waals surface area contributed by atoms with Crippen molar-refractivity contribution in [2.45, 2.75) is 31.7 Å². The van der Waals surface area contributed by atoms with E-state index in [9.17, 15) is 13.2 Å². The zero-order valence-electron chi connectivity index (χ0n) is 12.1. The Hall–Kier alpha value is -1.60. The first kappa shape index (κ1) is 16.5. The van der Waals surface area contributed by atoms with E-state index in [1.807, 2.05) is 0 Å². The summed E-state index contributed by atoms with van der Waals surface area (Å²) in [6.45, 7) is 5.47. The highest BCUT2D eigenvalue weighted by Gasteiger charge is 2.22. The Bertz CT molecular complexity index is 584. The van der Waals surface area contributed by atoms with Gasteiger partial charge >= 0.3 is 0 Å². The molecule has 7 heteroatoms. The van der Waals surface area contributed by atoms with Gasteiger partial charge < -0.3 is 10.1 Å². The van der Waals surface area contributed by atoms with Gasteiger partial charge in [0.15, 0.2) is 0 Å². The summed E-state index contributed by atoms with van der Waals surface area (Å²) in [5.74, 6) is 0.252. The summed E-state index contributed by atoms with van der Waals surface area (Å²) in [5, 5.41) is 2.56. The summed E-state index contributed by atoms with van der Waals surface area (Å²) in [5.41, 5.74) is 0.709. The fourth-order valence-corrected chi connectivity index (χ4v) is 2.99. The molecule has 0 saturated heterocycles. The van der Waals surface area contributed by atoms with E-state index < -0.39 is 16.1 Å². The highest BCUT2D eigenvalue weighted by Crippen LogP contribution is 2.21. The minimum atomic E-state index is -3.74. The average molecular weight is 300 g/mol. The van der Waals surface area contributed by atoms with Gasteiger partial charge in [-0.3, -0.25) is 4.79 Å². The molecule has 20 heavy (non-hydrogen) atoms. The molecule has 0 radical (unpaired) electrons. The Morgan fingerprint density at radius 1 is 1.40 bits per heavy atom. The molecule has 1 rings (SSSR count). The summed E-state index contributed by atoms with van der Waals surface area (Å²) >= 11 is 0. The van der Waals surface area contributed by atoms with E-state index in [0.717, 1.165) is 0 Å². The average Bonchev–Trinajstić information content (AvgIpc) is 2.38. The lowest BCUT2D eigenvalue weighted by Crippen LogP contribution is -2.44. The zero-order chi connectivity index (χ0) is 15.3. The van der Waals surface area contributed by atoms with Gasteiger partial charge in [0.2, 0.25) is 15.9 Å². The normalized spacial score (nSPS) is 12.8. The molecule has 0 bridgehead atoms. The van der Waals surface area contributed by atoms with Gasteiger partial charge in [-0.05, 0) is 44.5 Å². The summed E-state index contributed by atoms with van der Waals surface area (Å²) in [6.07, 6.45) is 0. The molecule has 0 unspecified atom stereocenters. The van der Waals surface area contributed by atoms with Crippen molar-refractivity contribution in [3.8, 4) is 5.75 Å². The summed E-state index contributed by atoms with van der Waals surface area (Å²) < 4.78 is 31.8. The van der Waals surface area contributed by atoms with Gasteiger partial charge in [0.05, 0.1) is 18.0 Å². The van der Waals surface area contributed by atoms with E-state index in [-0.39, 0.29) is 10.8 Å². The van der Waals surface area contributed by atoms with E-state index in [0.29, 0.717) is 17.9 Å². The third-order valence-corrected chi connectivity index (χ3v) is 4.29. The number of methoxy groups -OCH3 is 1. The molecule has 1 amide bonds. The van der Waals surface area contributed by atoms with Crippen LogP contribution in [0.5, 0.6) is 5.75 Å². The molecule has 0 aliphatic rings. The fourth-order valence-electron chi connectivity index (χ4n) is 1.70. The predicted octanol–water partition coefficient (Wildman–Crippen LogP) is 0.807. The predicted molar refractivity (Wildman–Crippen MR) is 76.2 cm³/mol. The number of hydrogen-bond acceptors (Lipinski definition) is 4. The molecular formula is C13H20N2O4S. The molecule has 0 heterocycles. The molecule has 1 aromatic rings. The second-order valence-electron chi connectivity index (χ2n) is 4.37. The van der Waals surface area contributed by atoms with Crippen molar-refractivity contribution in [1.82, 2.24) is 10.0 Å². The summed E-state index contributed by atoms with van der Waals surface area (Å²) in [4.78, 5) is 11.7. The molecule has 6 nitrogen and oxygen atoms in total. The maximum absolute atomic E-state index is 12.2. The van der Waals surface area contributed by atoms with Crippen molar-refractivity contribution in [1.29, 1.82) is 0 Å². The Kier molecular flexibility index (Phi) is 5.52. The van der Waals surface area contributed by atoms with Gasteiger partial charge in [0.1, 0.15) is 5.75 Å². The molecule has 1 atom stereocenters. The first-order chi connectivity index (χ1) is 9.31. The summed E-state index contributed by atoms with van der Waals surface area (Å²) in [6, 6.07) is 3.70. The number of nitrogens with one attached hydrogen (secondary N) is 2. The molecule has 1 aromatic carbocycles. The second kappa shape index (κ2) is 6.71. The summed E-state index contributed by atoms with van der Waals surface area (Å²) in [7, 11) is -2.22. The Balaban J connectivity index is 2.94. The number of carbonyl (C=O) groups is 1. The van der Waals surface area contributed by atoms with Crippen LogP contribution in [0.25, 0.3) is 0 Å². The molecule has 112 valence electrons. The van der Waals surface area contributed by atoms with Gasteiger partial charge in [-0.15, -0.1) is 0 Å². The monoisotopic (exact) mass is 300 g/mol. The van der Waals surface area contributed by atoms with Crippen LogP contribution in [0, 0.1) is 6.92 Å². The number of sulfonamides is 1. The van der Waals surface area contributed by atoms with Crippen LogP contribution in [0.4, 0.5) is 0 Å². The van der Waals surface area contributed by atoms with Crippen molar-refractivity contribution < 1.29 is 17.9 Å². The Morgan fingerprint density at radius 2 is 2.05 bits per heavy atom. The number of benzene rings is 1. The number of amides is 1. The van der Waals surface area contributed by atoms with Crippen molar-refractivity contribution in [3.63, 3.8) is 0 Å². The van der Waals surface area contributed by atoms with E-state index in [1.165, 1.54) is 26.2 Å². The van der Waals surface area contributed by atoms with Crippen LogP contribution in [-0.2, 0) is 14.8 Å². The maximum Gasteiger partial charge on any atom is 0.241 e. The lowest BCUT2D eigenvalue weighted by Gasteiger charge is -2.14. The third kappa shape index (κ3) is 3.94. The molecule has 0 aliphatic carbocycles. The van der Waals surface area contributed by atoms with Crippen LogP contribution in [0.15, 0.2) is 23.1 Å². The molecule has 0 spiro atoms. The second-order valence-corrected chi connectivity index (χ2v) is 6.08. The molecule has 0 aromatic heterocycles. The van der Waals surface area contributed by atoms with Crippen LogP contribution in [0.1, 0.15) is 19.4 Å². The van der Waals surface area contributed by atoms with Gasteiger partial charge in [-0.1, -0.05) is 0 Å². The quantitative estimate of drug-likeness (QED) is 0.814. The number of ether oxygens (including phenoxy) is 1. The standard InChI is InChI=1S/C13H20N2O4S/c1-5-14-13(16)10(3)15-20(17,18)11-6-7-12(19-4)9(2)8-11/h6-8,10,15H,5H2,1-4H3,(H,14,16)/t10-/m1/s1. The number of likely N-dealkylation sites (N-methyl/N-ethyl adjacent to an activating group) is 1. The molecule has 2 N–H and O–H groups in total. The number of carbonyl (C=O) groups excluding carboxylic acids is 1. The van der Waals surface area contributed by atoms with Crippen LogP contribution < -0.4 is 14.8 Å². The molecule has 0 aliphatic heterocycles. The van der Waals surface area contributed by atoms with Crippen LogP contribution in [0.3, 0.4) is 0 Å². The molecular weight excluding hydrogens is 280 g/mol. The van der Waals surface area contributed by atoms with E-state index in [2.05, 4.69) is 10.0 Å². The fraction of sp³-hybridized carbons (Fsp3) is 0.462. The molecule has 0 saturated carbocycles. The van der Waals surface area contributed by atoms with E-state index in [1.54, 1.807) is 19.9 Å². The minimum absolute atomic E-state index is 0.104. The van der Waals surface area contributed by atoms with Crippen molar-refractivity contribution >= 4 is 15.9 Å². The Morgan fingerprint density at radius 3 is 2.55 bits per heavy atom. The van der Waals surface area contributed by atoms with Gasteiger partial charge in [0, 0.05) is 6.54 Å². The number of hydrogen-bond donors (Lipinski definition) is 2. The minimum Gasteiger partial charge on any atom is -0.496 e. The third-order valence-electron chi connectivity index (χ3n) is 2.75. The number of rotatable bonds is 6. The van der Waals surface area contributed by atoms with E-state index >= 15 is 0 Å². The largest absolute Gasteiger partial charge is 0.496 e. The van der Waals surface area contributed by atoms with Gasteiger partial charge in [0.25, 0.3) is 0 Å². The Labute approximate surface area is 119 Å². The lowest BCUT2D eigenvalue weighted by atomic mass is 10.2. The highest BCUT2D eigenvalue weighted by atomic mass is 32.2. The maximum atomic E-state index is 12.2. The van der Waals surface area contributed by atoms with Crippen LogP contribution in [0.2, 0.25) is 0 Å². The highest BCUT2D eigenvalue weighted by molar-refractivity contribution is 7.89. The van der Waals surface area contributed by atoms with Crippen molar-refractivity contribution in [2.24, 2.45) is 0 Å². The smallest absolute Gasteiger partial charge is 0.241 e. The zero-order valence-corrected chi connectivity index (χ0v) is 12.9. The van der Waals surface area contributed by atoms with Crippen LogP contribution in [-0.4, -0.2) is 34.0 Å². The topological polar surface area (TPSA) is 84.5 Å². The van der Waals surface area contributed by atoms with Crippen molar-refractivity contribution in [3.05, 3.63) is 23.8 Å². The van der Waals surface area contributed by atoms with E-state index in [4.69, 9.17) is 4.74 Å². The van der Waals surface area contributed by atoms with Gasteiger partial charge in [-0.25, -0.2) is 8.42 Å². The lowest BCUT2D eigenvalue weighted by molar-refractivity contribution is -0.122. The number of aryl methyl sites for hydroxylation is 1. The van der Waals surface area contributed by atoms with Gasteiger partial charge in [-0.2, -0.15) is 4.72 Å².